The van der Waals surface area contributed by atoms with Crippen molar-refractivity contribution in [2.24, 2.45) is 0 Å². The Morgan fingerprint density at radius 2 is 2.07 bits per heavy atom. The second-order valence-electron chi connectivity index (χ2n) is 3.48. The number of rotatable bonds is 2. The molecule has 1 aliphatic heterocycles. The third-order valence-corrected chi connectivity index (χ3v) is 3.47. The highest BCUT2D eigenvalue weighted by Gasteiger charge is 2.10. The summed E-state index contributed by atoms with van der Waals surface area (Å²) in [7, 11) is 0. The van der Waals surface area contributed by atoms with Gasteiger partial charge in [-0.3, -0.25) is 0 Å². The van der Waals surface area contributed by atoms with Crippen LogP contribution in [0.15, 0.2) is 47.4 Å². The van der Waals surface area contributed by atoms with Crippen LogP contribution < -0.4 is 0 Å². The first-order chi connectivity index (χ1) is 6.84. The zero-order valence-electron chi connectivity index (χ0n) is 8.31. The molecule has 0 saturated carbocycles. The van der Waals surface area contributed by atoms with E-state index < -0.39 is 0 Å². The largest absolute Gasteiger partial charge is 0.123 e. The maximum absolute atomic E-state index is 2.31. The molecule has 0 spiro atoms. The van der Waals surface area contributed by atoms with Gasteiger partial charge in [-0.15, -0.1) is 11.8 Å². The molecule has 1 heterocycles. The zero-order valence-corrected chi connectivity index (χ0v) is 9.13. The second kappa shape index (κ2) is 4.52. The molecule has 2 rings (SSSR count). The summed E-state index contributed by atoms with van der Waals surface area (Å²) in [6, 6.07) is 10.5. The van der Waals surface area contributed by atoms with Crippen molar-refractivity contribution in [1.82, 2.24) is 0 Å². The number of benzene rings is 1. The van der Waals surface area contributed by atoms with Crippen molar-refractivity contribution >= 4 is 17.8 Å². The van der Waals surface area contributed by atoms with Crippen molar-refractivity contribution in [3.63, 3.8) is 0 Å². The summed E-state index contributed by atoms with van der Waals surface area (Å²) in [4.78, 5) is 1.45. The van der Waals surface area contributed by atoms with E-state index in [1.54, 1.807) is 0 Å². The fourth-order valence-corrected chi connectivity index (χ4v) is 2.54. The molecule has 0 saturated heterocycles. The predicted octanol–water partition coefficient (Wildman–Crippen LogP) is 4.11. The Balaban J connectivity index is 1.96. The number of hydrogen-bond acceptors (Lipinski definition) is 1. The van der Waals surface area contributed by atoms with Gasteiger partial charge in [0.05, 0.1) is 0 Å². The van der Waals surface area contributed by atoms with Gasteiger partial charge in [0.25, 0.3) is 0 Å². The Hall–Kier alpha value is -0.950. The molecule has 1 aromatic rings. The van der Waals surface area contributed by atoms with Crippen LogP contribution in [0.3, 0.4) is 0 Å². The van der Waals surface area contributed by atoms with Gasteiger partial charge in [-0.1, -0.05) is 48.6 Å². The summed E-state index contributed by atoms with van der Waals surface area (Å²) in [5.74, 6) is 0. The van der Waals surface area contributed by atoms with Crippen LogP contribution in [0, 0.1) is 0 Å². The van der Waals surface area contributed by atoms with Gasteiger partial charge in [0.2, 0.25) is 0 Å². The Labute approximate surface area is 89.7 Å². The zero-order chi connectivity index (χ0) is 9.80. The van der Waals surface area contributed by atoms with Crippen LogP contribution in [-0.4, -0.2) is 5.25 Å². The van der Waals surface area contributed by atoms with E-state index in [1.165, 1.54) is 16.9 Å². The molecule has 0 amide bonds. The molecule has 1 aliphatic rings. The van der Waals surface area contributed by atoms with E-state index in [1.807, 2.05) is 17.8 Å². The molecule has 1 atom stereocenters. The average molecular weight is 202 g/mol. The molecule has 14 heavy (non-hydrogen) atoms. The fraction of sp³-hybridized carbons (Fsp3) is 0.231. The maximum atomic E-state index is 2.31. The van der Waals surface area contributed by atoms with Crippen molar-refractivity contribution in [3.05, 3.63) is 53.0 Å². The lowest BCUT2D eigenvalue weighted by Gasteiger charge is -2.01. The highest BCUT2D eigenvalue weighted by Crippen LogP contribution is 2.32. The van der Waals surface area contributed by atoms with Gasteiger partial charge in [-0.25, -0.2) is 0 Å². The lowest BCUT2D eigenvalue weighted by Crippen LogP contribution is -1.89. The van der Waals surface area contributed by atoms with Gasteiger partial charge in [0.15, 0.2) is 0 Å². The third-order valence-electron chi connectivity index (χ3n) is 2.28. The summed E-state index contributed by atoms with van der Waals surface area (Å²) in [6.45, 7) is 2.18. The summed E-state index contributed by atoms with van der Waals surface area (Å²) in [5.41, 5.74) is 1.29. The molecule has 0 aliphatic carbocycles. The van der Waals surface area contributed by atoms with Crippen LogP contribution in [0.1, 0.15) is 18.9 Å². The first-order valence-electron chi connectivity index (χ1n) is 4.91. The van der Waals surface area contributed by atoms with E-state index in [0.717, 1.165) is 0 Å². The SMILES string of the molecule is CC1=CCC(/C=C/c2ccccc2)S1. The minimum absolute atomic E-state index is 0.648. The third kappa shape index (κ3) is 2.52. The summed E-state index contributed by atoms with van der Waals surface area (Å²) < 4.78 is 0. The standard InChI is InChI=1S/C13H14S/c1-11-7-9-13(14-11)10-8-12-5-3-2-4-6-12/h2-8,10,13H,9H2,1H3/b10-8+. The predicted molar refractivity (Wildman–Crippen MR) is 65.2 cm³/mol. The Morgan fingerprint density at radius 1 is 1.29 bits per heavy atom. The van der Waals surface area contributed by atoms with Gasteiger partial charge in [0, 0.05) is 5.25 Å². The van der Waals surface area contributed by atoms with Crippen molar-refractivity contribution in [2.75, 3.05) is 0 Å². The van der Waals surface area contributed by atoms with E-state index in [2.05, 4.69) is 49.4 Å². The average Bonchev–Trinajstić information content (AvgIpc) is 2.63. The molecule has 0 nitrogen and oxygen atoms in total. The molecule has 72 valence electrons. The molecule has 1 aromatic carbocycles. The molecule has 0 aromatic heterocycles. The minimum Gasteiger partial charge on any atom is -0.123 e. The van der Waals surface area contributed by atoms with Gasteiger partial charge in [0.1, 0.15) is 0 Å². The van der Waals surface area contributed by atoms with Crippen LogP contribution in [0.2, 0.25) is 0 Å². The smallest absolute Gasteiger partial charge is 0.0309 e. The highest BCUT2D eigenvalue weighted by atomic mass is 32.2. The quantitative estimate of drug-likeness (QED) is 0.695. The lowest BCUT2D eigenvalue weighted by molar-refractivity contribution is 1.10. The normalized spacial score (nSPS) is 21.5. The van der Waals surface area contributed by atoms with E-state index in [-0.39, 0.29) is 0 Å². The minimum atomic E-state index is 0.648. The van der Waals surface area contributed by atoms with E-state index in [4.69, 9.17) is 0 Å². The van der Waals surface area contributed by atoms with Gasteiger partial charge >= 0.3 is 0 Å². The van der Waals surface area contributed by atoms with Crippen molar-refractivity contribution in [3.8, 4) is 0 Å². The van der Waals surface area contributed by atoms with Crippen molar-refractivity contribution < 1.29 is 0 Å². The lowest BCUT2D eigenvalue weighted by atomic mass is 10.2. The first-order valence-corrected chi connectivity index (χ1v) is 5.79. The molecule has 1 unspecified atom stereocenters. The van der Waals surface area contributed by atoms with E-state index >= 15 is 0 Å². The van der Waals surface area contributed by atoms with Gasteiger partial charge in [-0.05, 0) is 23.8 Å². The Kier molecular flexibility index (Phi) is 3.10. The number of hydrogen-bond donors (Lipinski definition) is 0. The maximum Gasteiger partial charge on any atom is 0.0309 e. The van der Waals surface area contributed by atoms with E-state index in [0.29, 0.717) is 5.25 Å². The number of allylic oxidation sites excluding steroid dienone is 2. The van der Waals surface area contributed by atoms with E-state index in [9.17, 15) is 0 Å². The van der Waals surface area contributed by atoms with Crippen LogP contribution in [0.25, 0.3) is 6.08 Å². The summed E-state index contributed by atoms with van der Waals surface area (Å²) >= 11 is 1.96. The van der Waals surface area contributed by atoms with Crippen LogP contribution in [0.5, 0.6) is 0 Å². The second-order valence-corrected chi connectivity index (χ2v) is 4.96. The fourth-order valence-electron chi connectivity index (χ4n) is 1.52. The molecule has 0 radical (unpaired) electrons. The monoisotopic (exact) mass is 202 g/mol. The van der Waals surface area contributed by atoms with Crippen molar-refractivity contribution in [1.29, 1.82) is 0 Å². The van der Waals surface area contributed by atoms with Crippen LogP contribution >= 0.6 is 11.8 Å². The topological polar surface area (TPSA) is 0 Å². The molecular formula is C13H14S. The molecule has 0 fully saturated rings. The van der Waals surface area contributed by atoms with Crippen LogP contribution in [-0.2, 0) is 0 Å². The molecule has 0 bridgehead atoms. The molecule has 0 N–H and O–H groups in total. The molecule has 1 heteroatoms. The highest BCUT2D eigenvalue weighted by molar-refractivity contribution is 8.04. The first kappa shape index (κ1) is 9.60. The summed E-state index contributed by atoms with van der Waals surface area (Å²) in [6.07, 6.45) is 8.00. The summed E-state index contributed by atoms with van der Waals surface area (Å²) in [5, 5.41) is 0.648. The molecular weight excluding hydrogens is 188 g/mol. The number of thioether (sulfide) groups is 1. The van der Waals surface area contributed by atoms with Gasteiger partial charge in [-0.2, -0.15) is 0 Å². The van der Waals surface area contributed by atoms with Gasteiger partial charge < -0.3 is 0 Å². The Morgan fingerprint density at radius 3 is 2.71 bits per heavy atom. The van der Waals surface area contributed by atoms with Crippen molar-refractivity contribution in [2.45, 2.75) is 18.6 Å². The Bertz CT molecular complexity index is 349. The van der Waals surface area contributed by atoms with Crippen LogP contribution in [0.4, 0.5) is 0 Å².